The zero-order chi connectivity index (χ0) is 17.5. The molecule has 0 saturated heterocycles. The molecule has 2 rings (SSSR count). The van der Waals surface area contributed by atoms with Crippen LogP contribution in [-0.4, -0.2) is 18.4 Å². The number of carbonyl (C=O) groups excluding carboxylic acids is 2. The standard InChI is InChI=1S/C18H19BrN2O3/c1-2-3-10-24-16-9-8-12(11-14(16)19)18(23)21-15-7-5-4-6-13(15)17(20)22/h4-9,11H,2-3,10H2,1H3,(H2,20,22)(H,21,23). The van der Waals surface area contributed by atoms with Gasteiger partial charge < -0.3 is 15.8 Å². The molecule has 126 valence electrons. The predicted octanol–water partition coefficient (Wildman–Crippen LogP) is 3.98. The van der Waals surface area contributed by atoms with Gasteiger partial charge in [-0.25, -0.2) is 0 Å². The highest BCUT2D eigenvalue weighted by Crippen LogP contribution is 2.27. The molecule has 0 spiro atoms. The predicted molar refractivity (Wildman–Crippen MR) is 97.5 cm³/mol. The first-order chi connectivity index (χ1) is 11.5. The minimum atomic E-state index is -0.591. The van der Waals surface area contributed by atoms with Crippen LogP contribution >= 0.6 is 15.9 Å². The molecular formula is C18H19BrN2O3. The third-order valence-electron chi connectivity index (χ3n) is 3.39. The lowest BCUT2D eigenvalue weighted by Crippen LogP contribution is -2.18. The minimum absolute atomic E-state index is 0.268. The van der Waals surface area contributed by atoms with Crippen LogP contribution in [0, 0.1) is 0 Å². The summed E-state index contributed by atoms with van der Waals surface area (Å²) in [6.45, 7) is 2.72. The van der Waals surface area contributed by atoms with Crippen molar-refractivity contribution in [3.8, 4) is 5.75 Å². The molecule has 0 fully saturated rings. The maximum absolute atomic E-state index is 12.4. The first kappa shape index (κ1) is 18.0. The fourth-order valence-electron chi connectivity index (χ4n) is 2.09. The van der Waals surface area contributed by atoms with Gasteiger partial charge in [-0.1, -0.05) is 25.5 Å². The summed E-state index contributed by atoms with van der Waals surface area (Å²) >= 11 is 3.41. The second-order valence-electron chi connectivity index (χ2n) is 5.21. The van der Waals surface area contributed by atoms with Gasteiger partial charge in [0.2, 0.25) is 0 Å². The van der Waals surface area contributed by atoms with Gasteiger partial charge >= 0.3 is 0 Å². The molecule has 0 aromatic heterocycles. The molecule has 0 radical (unpaired) electrons. The summed E-state index contributed by atoms with van der Waals surface area (Å²) in [5.74, 6) is -0.228. The molecule has 0 atom stereocenters. The van der Waals surface area contributed by atoms with E-state index in [9.17, 15) is 9.59 Å². The maximum Gasteiger partial charge on any atom is 0.255 e. The average molecular weight is 391 g/mol. The average Bonchev–Trinajstić information content (AvgIpc) is 2.56. The molecule has 0 saturated carbocycles. The molecule has 0 aliphatic carbocycles. The van der Waals surface area contributed by atoms with Crippen LogP contribution in [0.5, 0.6) is 5.75 Å². The van der Waals surface area contributed by atoms with Gasteiger partial charge in [-0.2, -0.15) is 0 Å². The number of hydrogen-bond acceptors (Lipinski definition) is 3. The summed E-state index contributed by atoms with van der Waals surface area (Å²) in [5.41, 5.74) is 6.42. The highest BCUT2D eigenvalue weighted by molar-refractivity contribution is 9.10. The Labute approximate surface area is 149 Å². The second-order valence-corrected chi connectivity index (χ2v) is 6.07. The number of hydrogen-bond donors (Lipinski definition) is 2. The summed E-state index contributed by atoms with van der Waals surface area (Å²) in [4.78, 5) is 23.8. The number of benzene rings is 2. The lowest BCUT2D eigenvalue weighted by molar-refractivity contribution is 0.100. The summed E-state index contributed by atoms with van der Waals surface area (Å²) < 4.78 is 6.34. The number of ether oxygens (including phenoxy) is 1. The van der Waals surface area contributed by atoms with Gasteiger partial charge in [0, 0.05) is 5.56 Å². The van der Waals surface area contributed by atoms with Gasteiger partial charge in [0.15, 0.2) is 0 Å². The zero-order valence-corrected chi connectivity index (χ0v) is 14.9. The Morgan fingerprint density at radius 2 is 1.96 bits per heavy atom. The zero-order valence-electron chi connectivity index (χ0n) is 13.3. The Balaban J connectivity index is 2.13. The highest BCUT2D eigenvalue weighted by Gasteiger charge is 2.13. The summed E-state index contributed by atoms with van der Waals surface area (Å²) in [6.07, 6.45) is 2.02. The number of unbranched alkanes of at least 4 members (excludes halogenated alkanes) is 1. The topological polar surface area (TPSA) is 81.4 Å². The molecule has 0 aliphatic rings. The summed E-state index contributed by atoms with van der Waals surface area (Å²) in [7, 11) is 0. The Kier molecular flexibility index (Phi) is 6.37. The van der Waals surface area contributed by atoms with Crippen molar-refractivity contribution in [2.24, 2.45) is 5.73 Å². The Morgan fingerprint density at radius 1 is 1.21 bits per heavy atom. The summed E-state index contributed by atoms with van der Waals surface area (Å²) in [5, 5.41) is 2.71. The van der Waals surface area contributed by atoms with E-state index in [4.69, 9.17) is 10.5 Å². The molecule has 5 nitrogen and oxygen atoms in total. The molecule has 3 N–H and O–H groups in total. The Bertz CT molecular complexity index is 747. The van der Waals surface area contributed by atoms with Crippen LogP contribution in [0.2, 0.25) is 0 Å². The number of nitrogens with two attached hydrogens (primary N) is 1. The quantitative estimate of drug-likeness (QED) is 0.701. The van der Waals surface area contributed by atoms with Crippen LogP contribution in [0.3, 0.4) is 0 Å². The van der Waals surface area contributed by atoms with Crippen molar-refractivity contribution in [2.75, 3.05) is 11.9 Å². The van der Waals surface area contributed by atoms with E-state index in [0.29, 0.717) is 28.1 Å². The van der Waals surface area contributed by atoms with Crippen LogP contribution in [0.1, 0.15) is 40.5 Å². The molecule has 2 aromatic carbocycles. The van der Waals surface area contributed by atoms with Crippen molar-refractivity contribution in [3.63, 3.8) is 0 Å². The van der Waals surface area contributed by atoms with Gasteiger partial charge in [-0.05, 0) is 52.7 Å². The second kappa shape index (κ2) is 8.49. The number of para-hydroxylation sites is 1. The summed E-state index contributed by atoms with van der Waals surface area (Å²) in [6, 6.07) is 11.7. The Morgan fingerprint density at radius 3 is 2.62 bits per heavy atom. The largest absolute Gasteiger partial charge is 0.492 e. The maximum atomic E-state index is 12.4. The molecule has 6 heteroatoms. The van der Waals surface area contributed by atoms with Crippen molar-refractivity contribution in [2.45, 2.75) is 19.8 Å². The first-order valence-electron chi connectivity index (χ1n) is 7.65. The number of halogens is 1. The van der Waals surface area contributed by atoms with Crippen molar-refractivity contribution < 1.29 is 14.3 Å². The van der Waals surface area contributed by atoms with Gasteiger partial charge in [0.05, 0.1) is 22.3 Å². The molecule has 0 bridgehead atoms. The smallest absolute Gasteiger partial charge is 0.255 e. The number of anilines is 1. The number of amides is 2. The van der Waals surface area contributed by atoms with Gasteiger partial charge in [-0.3, -0.25) is 9.59 Å². The van der Waals surface area contributed by atoms with Crippen molar-refractivity contribution in [1.29, 1.82) is 0 Å². The van der Waals surface area contributed by atoms with E-state index in [0.717, 1.165) is 12.8 Å². The molecule has 0 unspecified atom stereocenters. The molecule has 0 heterocycles. The number of nitrogens with one attached hydrogen (secondary N) is 1. The van der Waals surface area contributed by atoms with Crippen LogP contribution in [-0.2, 0) is 0 Å². The lowest BCUT2D eigenvalue weighted by Gasteiger charge is -2.11. The molecule has 2 amide bonds. The van der Waals surface area contributed by atoms with Crippen LogP contribution in [0.25, 0.3) is 0 Å². The van der Waals surface area contributed by atoms with Gasteiger partial charge in [0.25, 0.3) is 11.8 Å². The van der Waals surface area contributed by atoms with E-state index in [2.05, 4.69) is 28.2 Å². The first-order valence-corrected chi connectivity index (χ1v) is 8.44. The third-order valence-corrected chi connectivity index (χ3v) is 4.01. The highest BCUT2D eigenvalue weighted by atomic mass is 79.9. The van der Waals surface area contributed by atoms with Crippen LogP contribution in [0.4, 0.5) is 5.69 Å². The number of rotatable bonds is 7. The van der Waals surface area contributed by atoms with Crippen LogP contribution < -0.4 is 15.8 Å². The molecule has 24 heavy (non-hydrogen) atoms. The van der Waals surface area contributed by atoms with Gasteiger partial charge in [-0.15, -0.1) is 0 Å². The monoisotopic (exact) mass is 390 g/mol. The fourth-order valence-corrected chi connectivity index (χ4v) is 2.58. The third kappa shape index (κ3) is 4.58. The van der Waals surface area contributed by atoms with E-state index in [1.807, 2.05) is 0 Å². The number of carbonyl (C=O) groups is 2. The SMILES string of the molecule is CCCCOc1ccc(C(=O)Nc2ccccc2C(N)=O)cc1Br. The number of primary amides is 1. The van der Waals surface area contributed by atoms with Crippen molar-refractivity contribution in [3.05, 3.63) is 58.1 Å². The Hall–Kier alpha value is -2.34. The van der Waals surface area contributed by atoms with E-state index in [1.165, 1.54) is 0 Å². The van der Waals surface area contributed by atoms with Crippen molar-refractivity contribution in [1.82, 2.24) is 0 Å². The van der Waals surface area contributed by atoms with E-state index in [-0.39, 0.29) is 11.5 Å². The van der Waals surface area contributed by atoms with Crippen LogP contribution in [0.15, 0.2) is 46.9 Å². The normalized spacial score (nSPS) is 10.2. The molecule has 2 aromatic rings. The van der Waals surface area contributed by atoms with Gasteiger partial charge in [0.1, 0.15) is 5.75 Å². The lowest BCUT2D eigenvalue weighted by atomic mass is 10.1. The van der Waals surface area contributed by atoms with E-state index >= 15 is 0 Å². The molecule has 0 aliphatic heterocycles. The molecular weight excluding hydrogens is 372 g/mol. The van der Waals surface area contributed by atoms with E-state index in [1.54, 1.807) is 42.5 Å². The van der Waals surface area contributed by atoms with E-state index < -0.39 is 5.91 Å². The fraction of sp³-hybridized carbons (Fsp3) is 0.222. The minimum Gasteiger partial charge on any atom is -0.492 e. The van der Waals surface area contributed by atoms with Crippen molar-refractivity contribution >= 4 is 33.4 Å².